The van der Waals surface area contributed by atoms with Crippen molar-refractivity contribution in [1.82, 2.24) is 9.78 Å². The highest BCUT2D eigenvalue weighted by atomic mass is 35.5. The van der Waals surface area contributed by atoms with Crippen molar-refractivity contribution in [2.24, 2.45) is 0 Å². The fourth-order valence-corrected chi connectivity index (χ4v) is 1.61. The molecule has 0 aliphatic heterocycles. The van der Waals surface area contributed by atoms with Gasteiger partial charge in [0.25, 0.3) is 0 Å². The normalized spacial score (nSPS) is 12.4. The van der Waals surface area contributed by atoms with E-state index in [2.05, 4.69) is 10.4 Å². The standard InChI is InChI=1S/C12H13ClFN3O/c13-7-10(18)8-15-9-2-3-12(11(14)6-9)17-5-1-4-16-17/h1-6,10,15,18H,7-8H2. The molecule has 0 aliphatic carbocycles. The van der Waals surface area contributed by atoms with E-state index in [9.17, 15) is 9.50 Å². The molecule has 0 fully saturated rings. The monoisotopic (exact) mass is 269 g/mol. The van der Waals surface area contributed by atoms with Gasteiger partial charge < -0.3 is 10.4 Å². The first-order valence-corrected chi connectivity index (χ1v) is 6.01. The lowest BCUT2D eigenvalue weighted by molar-refractivity contribution is 0.211. The van der Waals surface area contributed by atoms with Gasteiger partial charge in [-0.25, -0.2) is 9.07 Å². The fraction of sp³-hybridized carbons (Fsp3) is 0.250. The molecule has 0 saturated carbocycles. The molecule has 0 bridgehead atoms. The van der Waals surface area contributed by atoms with Crippen LogP contribution in [0.3, 0.4) is 0 Å². The number of nitrogens with zero attached hydrogens (tertiary/aromatic N) is 2. The Balaban J connectivity index is 2.10. The van der Waals surface area contributed by atoms with Gasteiger partial charge in [-0.2, -0.15) is 5.10 Å². The molecule has 6 heteroatoms. The van der Waals surface area contributed by atoms with E-state index in [1.165, 1.54) is 10.7 Å². The van der Waals surface area contributed by atoms with Gasteiger partial charge in [-0.1, -0.05) is 0 Å². The smallest absolute Gasteiger partial charge is 0.150 e. The first kappa shape index (κ1) is 12.9. The minimum absolute atomic E-state index is 0.140. The summed E-state index contributed by atoms with van der Waals surface area (Å²) in [5.74, 6) is -0.245. The molecule has 18 heavy (non-hydrogen) atoms. The molecule has 1 aromatic carbocycles. The Hall–Kier alpha value is -1.59. The quantitative estimate of drug-likeness (QED) is 0.817. The Morgan fingerprint density at radius 1 is 1.50 bits per heavy atom. The second-order valence-electron chi connectivity index (χ2n) is 3.81. The molecule has 96 valence electrons. The fourth-order valence-electron chi connectivity index (χ4n) is 1.50. The van der Waals surface area contributed by atoms with Crippen LogP contribution in [0.25, 0.3) is 5.69 Å². The highest BCUT2D eigenvalue weighted by Gasteiger charge is 2.07. The summed E-state index contributed by atoms with van der Waals surface area (Å²) in [7, 11) is 0. The third kappa shape index (κ3) is 3.00. The number of anilines is 1. The molecule has 1 atom stereocenters. The molecule has 2 rings (SSSR count). The summed E-state index contributed by atoms with van der Waals surface area (Å²) in [6, 6.07) is 6.43. The summed E-state index contributed by atoms with van der Waals surface area (Å²) in [6.07, 6.45) is 2.60. The SMILES string of the molecule is OC(CCl)CNc1ccc(-n2cccn2)c(F)c1. The van der Waals surface area contributed by atoms with Gasteiger partial charge in [0.1, 0.15) is 5.69 Å². The van der Waals surface area contributed by atoms with Crippen LogP contribution in [-0.2, 0) is 0 Å². The highest BCUT2D eigenvalue weighted by molar-refractivity contribution is 6.18. The number of aliphatic hydroxyl groups excluding tert-OH is 1. The van der Waals surface area contributed by atoms with Gasteiger partial charge in [0.05, 0.1) is 12.0 Å². The molecule has 0 spiro atoms. The summed E-state index contributed by atoms with van der Waals surface area (Å²) in [6.45, 7) is 0.282. The average molecular weight is 270 g/mol. The van der Waals surface area contributed by atoms with E-state index in [4.69, 9.17) is 11.6 Å². The molecule has 0 amide bonds. The zero-order chi connectivity index (χ0) is 13.0. The largest absolute Gasteiger partial charge is 0.390 e. The van der Waals surface area contributed by atoms with Gasteiger partial charge in [0.2, 0.25) is 0 Å². The minimum Gasteiger partial charge on any atom is -0.390 e. The molecule has 1 unspecified atom stereocenters. The van der Waals surface area contributed by atoms with Crippen molar-refractivity contribution in [3.8, 4) is 5.69 Å². The number of nitrogens with one attached hydrogen (secondary N) is 1. The topological polar surface area (TPSA) is 50.1 Å². The van der Waals surface area contributed by atoms with Gasteiger partial charge in [-0.3, -0.25) is 0 Å². The Kier molecular flexibility index (Phi) is 4.17. The summed E-state index contributed by atoms with van der Waals surface area (Å²) in [4.78, 5) is 0. The van der Waals surface area contributed by atoms with Crippen LogP contribution in [0.5, 0.6) is 0 Å². The third-order valence-corrected chi connectivity index (χ3v) is 2.78. The van der Waals surface area contributed by atoms with Crippen molar-refractivity contribution in [2.45, 2.75) is 6.10 Å². The van der Waals surface area contributed by atoms with Gasteiger partial charge in [0.15, 0.2) is 5.82 Å². The minimum atomic E-state index is -0.652. The Labute approximate surface area is 109 Å². The molecular weight excluding hydrogens is 257 g/mol. The van der Waals surface area contributed by atoms with Gasteiger partial charge in [0, 0.05) is 24.6 Å². The van der Waals surface area contributed by atoms with Crippen molar-refractivity contribution >= 4 is 17.3 Å². The van der Waals surface area contributed by atoms with E-state index in [-0.39, 0.29) is 18.2 Å². The zero-order valence-corrected chi connectivity index (χ0v) is 10.3. The van der Waals surface area contributed by atoms with Crippen LogP contribution in [0.15, 0.2) is 36.7 Å². The molecule has 2 N–H and O–H groups in total. The molecule has 4 nitrogen and oxygen atoms in total. The van der Waals surface area contributed by atoms with Crippen LogP contribution in [0, 0.1) is 5.82 Å². The van der Waals surface area contributed by atoms with Crippen LogP contribution < -0.4 is 5.32 Å². The number of benzene rings is 1. The Morgan fingerprint density at radius 2 is 2.33 bits per heavy atom. The highest BCUT2D eigenvalue weighted by Crippen LogP contribution is 2.17. The molecule has 0 saturated heterocycles. The van der Waals surface area contributed by atoms with E-state index in [0.717, 1.165) is 0 Å². The first-order valence-electron chi connectivity index (χ1n) is 5.48. The molecule has 2 aromatic rings. The number of aliphatic hydroxyl groups is 1. The maximum Gasteiger partial charge on any atom is 0.150 e. The Bertz CT molecular complexity index is 504. The lowest BCUT2D eigenvalue weighted by Gasteiger charge is -2.11. The predicted molar refractivity (Wildman–Crippen MR) is 68.7 cm³/mol. The van der Waals surface area contributed by atoms with E-state index >= 15 is 0 Å². The molecular formula is C12H13ClFN3O. The average Bonchev–Trinajstić information content (AvgIpc) is 2.89. The van der Waals surface area contributed by atoms with Crippen molar-refractivity contribution in [1.29, 1.82) is 0 Å². The summed E-state index contributed by atoms with van der Waals surface area (Å²) < 4.78 is 15.3. The Morgan fingerprint density at radius 3 is 2.94 bits per heavy atom. The molecule has 0 radical (unpaired) electrons. The van der Waals surface area contributed by atoms with Crippen molar-refractivity contribution in [2.75, 3.05) is 17.7 Å². The maximum atomic E-state index is 13.8. The van der Waals surface area contributed by atoms with Crippen molar-refractivity contribution in [3.63, 3.8) is 0 Å². The van der Waals surface area contributed by atoms with Gasteiger partial charge >= 0.3 is 0 Å². The second kappa shape index (κ2) is 5.84. The van der Waals surface area contributed by atoms with Gasteiger partial charge in [-0.05, 0) is 24.3 Å². The molecule has 1 aromatic heterocycles. The van der Waals surface area contributed by atoms with Crippen LogP contribution in [0.1, 0.15) is 0 Å². The number of aromatic nitrogens is 2. The molecule has 0 aliphatic rings. The number of rotatable bonds is 5. The lowest BCUT2D eigenvalue weighted by Crippen LogP contribution is -2.20. The number of halogens is 2. The van der Waals surface area contributed by atoms with Gasteiger partial charge in [-0.15, -0.1) is 11.6 Å². The van der Waals surface area contributed by atoms with Crippen LogP contribution in [-0.4, -0.2) is 33.4 Å². The van der Waals surface area contributed by atoms with Crippen LogP contribution in [0.2, 0.25) is 0 Å². The lowest BCUT2D eigenvalue weighted by atomic mass is 10.2. The first-order chi connectivity index (χ1) is 8.70. The maximum absolute atomic E-state index is 13.8. The number of hydrogen-bond donors (Lipinski definition) is 2. The van der Waals surface area contributed by atoms with E-state index in [1.807, 2.05) is 0 Å². The van der Waals surface area contributed by atoms with E-state index in [1.54, 1.807) is 30.6 Å². The predicted octanol–water partition coefficient (Wildman–Crippen LogP) is 2.02. The van der Waals surface area contributed by atoms with E-state index in [0.29, 0.717) is 11.4 Å². The van der Waals surface area contributed by atoms with E-state index < -0.39 is 6.10 Å². The molecule has 1 heterocycles. The van der Waals surface area contributed by atoms with Crippen molar-refractivity contribution < 1.29 is 9.50 Å². The third-order valence-electron chi connectivity index (χ3n) is 2.42. The summed E-state index contributed by atoms with van der Waals surface area (Å²) in [5.41, 5.74) is 0.969. The number of alkyl halides is 1. The second-order valence-corrected chi connectivity index (χ2v) is 4.11. The van der Waals surface area contributed by atoms with Crippen LogP contribution >= 0.6 is 11.6 Å². The zero-order valence-electron chi connectivity index (χ0n) is 9.55. The summed E-state index contributed by atoms with van der Waals surface area (Å²) >= 11 is 5.47. The van der Waals surface area contributed by atoms with Crippen molar-refractivity contribution in [3.05, 3.63) is 42.5 Å². The van der Waals surface area contributed by atoms with Crippen LogP contribution in [0.4, 0.5) is 10.1 Å². The number of hydrogen-bond acceptors (Lipinski definition) is 3. The summed E-state index contributed by atoms with van der Waals surface area (Å²) in [5, 5.41) is 16.2.